The Kier molecular flexibility index (Phi) is 12.6. The molecule has 9 heteroatoms. The Bertz CT molecular complexity index is 961. The van der Waals surface area contributed by atoms with Crippen LogP contribution < -0.4 is 0 Å². The quantitative estimate of drug-likeness (QED) is 0.159. The first-order valence-electron chi connectivity index (χ1n) is 12.3. The third-order valence-corrected chi connectivity index (χ3v) is 5.70. The number of esters is 1. The number of phenolic OH excluding ortho intramolecular Hbond substituents is 2. The number of allylic oxidation sites excluding steroid dienone is 3. The molecule has 0 bridgehead atoms. The largest absolute Gasteiger partial charge is 0.508 e. The van der Waals surface area contributed by atoms with E-state index in [1.54, 1.807) is 0 Å². The van der Waals surface area contributed by atoms with Crippen LogP contribution in [0.15, 0.2) is 40.8 Å². The minimum atomic E-state index is -0.666. The fourth-order valence-electron chi connectivity index (χ4n) is 3.70. The zero-order valence-electron chi connectivity index (χ0n) is 21.6. The number of aromatic hydroxyl groups is 2. The summed E-state index contributed by atoms with van der Waals surface area (Å²) in [4.78, 5) is 27.1. The molecule has 2 rings (SSSR count). The molecule has 8 nitrogen and oxygen atoms in total. The van der Waals surface area contributed by atoms with Crippen molar-refractivity contribution in [3.05, 3.63) is 47.6 Å². The van der Waals surface area contributed by atoms with Crippen LogP contribution in [0.2, 0.25) is 0 Å². The van der Waals surface area contributed by atoms with Gasteiger partial charge in [0.25, 0.3) is 0 Å². The molecule has 1 heterocycles. The number of carbonyl (C=O) groups excluding carboxylic acids is 2. The Morgan fingerprint density at radius 2 is 1.75 bits per heavy atom. The van der Waals surface area contributed by atoms with Gasteiger partial charge in [-0.3, -0.25) is 8.98 Å². The lowest BCUT2D eigenvalue weighted by Gasteiger charge is -2.26. The predicted molar refractivity (Wildman–Crippen MR) is 143 cm³/mol. The summed E-state index contributed by atoms with van der Waals surface area (Å²) < 4.78 is 15.2. The second-order valence-electron chi connectivity index (χ2n) is 9.56. The van der Waals surface area contributed by atoms with Gasteiger partial charge in [-0.2, -0.15) is 4.40 Å². The number of carbonyl (C=O) groups is 2. The number of phenols is 2. The molecule has 0 aromatic heterocycles. The molecule has 1 aromatic carbocycles. The van der Waals surface area contributed by atoms with E-state index in [1.165, 1.54) is 6.07 Å². The monoisotopic (exact) mass is 518 g/mol. The van der Waals surface area contributed by atoms with Gasteiger partial charge in [-0.1, -0.05) is 45.9 Å². The van der Waals surface area contributed by atoms with Crippen LogP contribution in [0.5, 0.6) is 11.5 Å². The second-order valence-corrected chi connectivity index (χ2v) is 10.1. The lowest BCUT2D eigenvalue weighted by Crippen LogP contribution is -2.38. The summed E-state index contributed by atoms with van der Waals surface area (Å²) in [6, 6.07) is 2.52. The van der Waals surface area contributed by atoms with Crippen LogP contribution in [0, 0.1) is 11.8 Å². The summed E-state index contributed by atoms with van der Waals surface area (Å²) in [5, 5.41) is 20.4. The molecule has 1 aromatic rings. The molecule has 0 saturated heterocycles. The summed E-state index contributed by atoms with van der Waals surface area (Å²) in [7, 11) is 0. The van der Waals surface area contributed by atoms with Crippen LogP contribution in [0.1, 0.15) is 62.9 Å². The fraction of sp³-hybridized carbons (Fsp3) is 0.519. The highest BCUT2D eigenvalue weighted by Gasteiger charge is 2.21. The lowest BCUT2D eigenvalue weighted by molar-refractivity contribution is -0.134. The molecular weight excluding hydrogens is 480 g/mol. The van der Waals surface area contributed by atoms with Crippen molar-refractivity contribution in [1.29, 1.82) is 0 Å². The van der Waals surface area contributed by atoms with E-state index in [1.807, 2.05) is 29.2 Å². The number of cyclic esters (lactones) is 1. The molecule has 0 spiro atoms. The van der Waals surface area contributed by atoms with Gasteiger partial charge in [0.05, 0.1) is 12.3 Å². The average Bonchev–Trinajstić information content (AvgIpc) is 2.78. The van der Waals surface area contributed by atoms with E-state index in [9.17, 15) is 19.8 Å². The third-order valence-electron chi connectivity index (χ3n) is 5.17. The van der Waals surface area contributed by atoms with E-state index < -0.39 is 5.97 Å². The molecule has 0 fully saturated rings. The SMILES string of the molecule is CC(C)CN(CC(C)C)C(=O)COS/N=C1\C=C\CC/C=C/CCOC(=O)c2c(O)cc(O)cc2C1. The molecule has 1 aliphatic rings. The van der Waals surface area contributed by atoms with E-state index in [4.69, 9.17) is 8.92 Å². The number of nitrogens with zero attached hydrogens (tertiary/aromatic N) is 2. The maximum Gasteiger partial charge on any atom is 0.342 e. The van der Waals surface area contributed by atoms with Crippen molar-refractivity contribution in [3.63, 3.8) is 0 Å². The highest BCUT2D eigenvalue weighted by Crippen LogP contribution is 2.29. The minimum Gasteiger partial charge on any atom is -0.508 e. The Balaban J connectivity index is 2.18. The smallest absolute Gasteiger partial charge is 0.342 e. The molecule has 0 saturated carbocycles. The van der Waals surface area contributed by atoms with E-state index in [0.717, 1.165) is 31.1 Å². The Morgan fingerprint density at radius 3 is 2.44 bits per heavy atom. The first-order chi connectivity index (χ1) is 17.2. The molecule has 0 aliphatic carbocycles. The predicted octanol–water partition coefficient (Wildman–Crippen LogP) is 5.25. The van der Waals surface area contributed by atoms with Crippen molar-refractivity contribution in [3.8, 4) is 11.5 Å². The maximum absolute atomic E-state index is 12.7. The van der Waals surface area contributed by atoms with Crippen molar-refractivity contribution in [2.24, 2.45) is 16.2 Å². The number of ether oxygens (including phenoxy) is 1. The van der Waals surface area contributed by atoms with E-state index in [2.05, 4.69) is 32.1 Å². The second kappa shape index (κ2) is 15.4. The Hall–Kier alpha value is -2.78. The van der Waals surface area contributed by atoms with Gasteiger partial charge in [0, 0.05) is 25.6 Å². The van der Waals surface area contributed by atoms with Gasteiger partial charge in [-0.15, -0.1) is 0 Å². The van der Waals surface area contributed by atoms with Crippen LogP contribution in [0.25, 0.3) is 0 Å². The number of hydrogen-bond acceptors (Lipinski definition) is 8. The first kappa shape index (κ1) is 29.5. The van der Waals surface area contributed by atoms with Gasteiger partial charge in [0.1, 0.15) is 35.9 Å². The zero-order chi connectivity index (χ0) is 26.5. The number of hydrogen-bond donors (Lipinski definition) is 2. The summed E-state index contributed by atoms with van der Waals surface area (Å²) in [6.45, 7) is 9.69. The van der Waals surface area contributed by atoms with Crippen LogP contribution in [0.3, 0.4) is 0 Å². The van der Waals surface area contributed by atoms with Crippen LogP contribution in [-0.2, 0) is 20.1 Å². The number of rotatable bonds is 8. The van der Waals surface area contributed by atoms with Crippen molar-refractivity contribution in [2.75, 3.05) is 26.3 Å². The van der Waals surface area contributed by atoms with Gasteiger partial charge in [-0.05, 0) is 48.8 Å². The number of benzene rings is 1. The normalized spacial score (nSPS) is 17.9. The minimum absolute atomic E-state index is 0.00551. The lowest BCUT2D eigenvalue weighted by atomic mass is 10.00. The number of amides is 1. The average molecular weight is 519 g/mol. The molecule has 0 unspecified atom stereocenters. The molecule has 36 heavy (non-hydrogen) atoms. The zero-order valence-corrected chi connectivity index (χ0v) is 22.4. The molecule has 0 atom stereocenters. The van der Waals surface area contributed by atoms with Crippen LogP contribution >= 0.6 is 12.2 Å². The van der Waals surface area contributed by atoms with E-state index in [0.29, 0.717) is 42.6 Å². The maximum atomic E-state index is 12.7. The van der Waals surface area contributed by atoms with Crippen molar-refractivity contribution in [1.82, 2.24) is 4.90 Å². The molecule has 2 N–H and O–H groups in total. The van der Waals surface area contributed by atoms with Gasteiger partial charge >= 0.3 is 5.97 Å². The van der Waals surface area contributed by atoms with Gasteiger partial charge < -0.3 is 19.8 Å². The highest BCUT2D eigenvalue weighted by atomic mass is 32.2. The summed E-state index contributed by atoms with van der Waals surface area (Å²) in [6.07, 6.45) is 10.1. The van der Waals surface area contributed by atoms with E-state index >= 15 is 0 Å². The van der Waals surface area contributed by atoms with Crippen molar-refractivity contribution < 1.29 is 28.7 Å². The third kappa shape index (κ3) is 10.5. The summed E-state index contributed by atoms with van der Waals surface area (Å²) in [5.74, 6) is -0.584. The molecular formula is C27H38N2O6S. The molecule has 198 valence electrons. The summed E-state index contributed by atoms with van der Waals surface area (Å²) in [5.41, 5.74) is 0.924. The van der Waals surface area contributed by atoms with Crippen LogP contribution in [0.4, 0.5) is 0 Å². The Morgan fingerprint density at radius 1 is 1.08 bits per heavy atom. The molecule has 0 radical (unpaired) electrons. The van der Waals surface area contributed by atoms with E-state index in [-0.39, 0.29) is 42.6 Å². The molecule has 1 aliphatic heterocycles. The first-order valence-corrected chi connectivity index (χ1v) is 13.0. The fourth-order valence-corrected chi connectivity index (χ4v) is 4.13. The summed E-state index contributed by atoms with van der Waals surface area (Å²) >= 11 is 0.806. The Labute approximate surface area is 218 Å². The van der Waals surface area contributed by atoms with Crippen molar-refractivity contribution in [2.45, 2.75) is 53.4 Å². The molecule has 1 amide bonds. The van der Waals surface area contributed by atoms with Crippen molar-refractivity contribution >= 4 is 29.8 Å². The van der Waals surface area contributed by atoms with Crippen LogP contribution in [-0.4, -0.2) is 59.0 Å². The van der Waals surface area contributed by atoms with Gasteiger partial charge in [-0.25, -0.2) is 4.79 Å². The topological polar surface area (TPSA) is 109 Å². The number of fused-ring (bicyclic) bond motifs is 1. The van der Waals surface area contributed by atoms with Gasteiger partial charge in [0.15, 0.2) is 0 Å². The standard InChI is InChI=1S/C27H38N2O6S/c1-19(2)16-29(17-20(3)4)25(32)18-35-36-28-22-11-9-7-5-6-8-10-12-34-27(33)26-21(13-22)14-23(30)15-24(26)31/h6,8-9,11,14-15,19-20,30-31H,5,7,10,12-13,16-18H2,1-4H3/b8-6+,11-9+,28-22+. The highest BCUT2D eigenvalue weighted by molar-refractivity contribution is 7.93. The van der Waals surface area contributed by atoms with Gasteiger partial charge in [0.2, 0.25) is 5.91 Å².